The van der Waals surface area contributed by atoms with Gasteiger partial charge in [0.2, 0.25) is 5.91 Å². The molecular weight excluding hydrogens is 338 g/mol. The van der Waals surface area contributed by atoms with Crippen molar-refractivity contribution in [3.05, 3.63) is 58.6 Å². The third kappa shape index (κ3) is 3.74. The highest BCUT2D eigenvalue weighted by Gasteiger charge is 2.31. The summed E-state index contributed by atoms with van der Waals surface area (Å²) >= 11 is 6.34. The van der Waals surface area contributed by atoms with E-state index in [-0.39, 0.29) is 11.9 Å². The van der Waals surface area contributed by atoms with Crippen LogP contribution in [0.15, 0.2) is 42.5 Å². The summed E-state index contributed by atoms with van der Waals surface area (Å²) in [7, 11) is 3.19. The Hall–Kier alpha value is -2.20. The van der Waals surface area contributed by atoms with Gasteiger partial charge in [-0.1, -0.05) is 35.9 Å². The number of benzene rings is 2. The summed E-state index contributed by atoms with van der Waals surface area (Å²) in [5.41, 5.74) is 1.94. The molecule has 0 N–H and O–H groups in total. The van der Waals surface area contributed by atoms with Crippen molar-refractivity contribution in [1.29, 1.82) is 0 Å². The molecule has 25 heavy (non-hydrogen) atoms. The van der Waals surface area contributed by atoms with Gasteiger partial charge in [0.15, 0.2) is 11.5 Å². The molecular formula is C20H22ClNO3. The minimum absolute atomic E-state index is 0.0568. The number of ether oxygens (including phenoxy) is 2. The van der Waals surface area contributed by atoms with Crippen LogP contribution in [0.5, 0.6) is 11.5 Å². The van der Waals surface area contributed by atoms with Crippen molar-refractivity contribution in [2.75, 3.05) is 20.8 Å². The molecule has 0 aromatic heterocycles. The zero-order valence-electron chi connectivity index (χ0n) is 14.5. The summed E-state index contributed by atoms with van der Waals surface area (Å²) in [4.78, 5) is 14.8. The van der Waals surface area contributed by atoms with E-state index >= 15 is 0 Å². The molecule has 1 heterocycles. The Kier molecular flexibility index (Phi) is 5.49. The Morgan fingerprint density at radius 2 is 1.92 bits per heavy atom. The van der Waals surface area contributed by atoms with Crippen LogP contribution in [0.3, 0.4) is 0 Å². The second-order valence-corrected chi connectivity index (χ2v) is 6.54. The third-order valence-corrected chi connectivity index (χ3v) is 4.98. The topological polar surface area (TPSA) is 38.8 Å². The van der Waals surface area contributed by atoms with Crippen LogP contribution in [0.25, 0.3) is 0 Å². The lowest BCUT2D eigenvalue weighted by atomic mass is 10.0. The quantitative estimate of drug-likeness (QED) is 0.800. The lowest BCUT2D eigenvalue weighted by Gasteiger charge is -2.26. The molecule has 0 aliphatic carbocycles. The molecule has 1 atom stereocenters. The molecule has 1 fully saturated rings. The van der Waals surface area contributed by atoms with Crippen LogP contribution in [0.1, 0.15) is 30.0 Å². The van der Waals surface area contributed by atoms with Crippen LogP contribution in [-0.4, -0.2) is 31.6 Å². The van der Waals surface area contributed by atoms with Crippen LogP contribution in [0.2, 0.25) is 5.02 Å². The molecule has 1 amide bonds. The summed E-state index contributed by atoms with van der Waals surface area (Å²) in [6, 6.07) is 13.4. The first-order chi connectivity index (χ1) is 12.1. The molecule has 0 saturated carbocycles. The largest absolute Gasteiger partial charge is 0.493 e. The van der Waals surface area contributed by atoms with Crippen molar-refractivity contribution in [1.82, 2.24) is 4.90 Å². The van der Waals surface area contributed by atoms with Gasteiger partial charge >= 0.3 is 0 Å². The fraction of sp³-hybridized carbons (Fsp3) is 0.350. The molecule has 1 aliphatic heterocycles. The molecule has 0 spiro atoms. The van der Waals surface area contributed by atoms with Crippen molar-refractivity contribution in [2.45, 2.75) is 25.3 Å². The average molecular weight is 360 g/mol. The molecule has 0 radical (unpaired) electrons. The molecule has 2 aromatic rings. The Bertz CT molecular complexity index is 762. The minimum Gasteiger partial charge on any atom is -0.493 e. The van der Waals surface area contributed by atoms with E-state index in [1.165, 1.54) is 0 Å². The maximum absolute atomic E-state index is 12.9. The summed E-state index contributed by atoms with van der Waals surface area (Å²) < 4.78 is 10.6. The maximum Gasteiger partial charge on any atom is 0.227 e. The van der Waals surface area contributed by atoms with Gasteiger partial charge in [-0.3, -0.25) is 4.79 Å². The van der Waals surface area contributed by atoms with Gasteiger partial charge in [-0.25, -0.2) is 0 Å². The van der Waals surface area contributed by atoms with Crippen LogP contribution in [0, 0.1) is 0 Å². The summed E-state index contributed by atoms with van der Waals surface area (Å²) in [6.45, 7) is 0.766. The van der Waals surface area contributed by atoms with E-state index in [9.17, 15) is 4.79 Å². The van der Waals surface area contributed by atoms with E-state index in [1.54, 1.807) is 14.2 Å². The van der Waals surface area contributed by atoms with Gasteiger partial charge in [-0.15, -0.1) is 0 Å². The van der Waals surface area contributed by atoms with E-state index in [1.807, 2.05) is 47.4 Å². The first-order valence-corrected chi connectivity index (χ1v) is 8.76. The van der Waals surface area contributed by atoms with Crippen molar-refractivity contribution in [3.63, 3.8) is 0 Å². The number of nitrogens with zero attached hydrogens (tertiary/aromatic N) is 1. The van der Waals surface area contributed by atoms with Gasteiger partial charge in [0, 0.05) is 11.6 Å². The van der Waals surface area contributed by atoms with E-state index in [4.69, 9.17) is 21.1 Å². The Morgan fingerprint density at radius 1 is 1.16 bits per heavy atom. The molecule has 0 bridgehead atoms. The van der Waals surface area contributed by atoms with Crippen molar-refractivity contribution >= 4 is 17.5 Å². The second-order valence-electron chi connectivity index (χ2n) is 6.13. The van der Waals surface area contributed by atoms with E-state index in [2.05, 4.69) is 0 Å². The predicted molar refractivity (Wildman–Crippen MR) is 98.4 cm³/mol. The number of hydrogen-bond donors (Lipinski definition) is 0. The van der Waals surface area contributed by atoms with E-state index in [0.29, 0.717) is 17.9 Å². The number of halogens is 1. The molecule has 2 aromatic carbocycles. The Morgan fingerprint density at radius 3 is 2.64 bits per heavy atom. The van der Waals surface area contributed by atoms with Gasteiger partial charge in [-0.05, 0) is 42.2 Å². The van der Waals surface area contributed by atoms with Crippen LogP contribution < -0.4 is 9.47 Å². The number of likely N-dealkylation sites (tertiary alicyclic amines) is 1. The molecule has 3 rings (SSSR count). The highest BCUT2D eigenvalue weighted by atomic mass is 35.5. The minimum atomic E-state index is 0.0568. The molecule has 5 heteroatoms. The molecule has 1 saturated heterocycles. The van der Waals surface area contributed by atoms with Gasteiger partial charge in [-0.2, -0.15) is 0 Å². The summed E-state index contributed by atoms with van der Waals surface area (Å²) in [5.74, 6) is 1.40. The summed E-state index contributed by atoms with van der Waals surface area (Å²) in [6.07, 6.45) is 2.27. The normalized spacial score (nSPS) is 16.8. The fourth-order valence-corrected chi connectivity index (χ4v) is 3.66. The summed E-state index contributed by atoms with van der Waals surface area (Å²) in [5, 5.41) is 0.721. The zero-order valence-corrected chi connectivity index (χ0v) is 15.3. The van der Waals surface area contributed by atoms with E-state index < -0.39 is 0 Å². The second kappa shape index (κ2) is 7.79. The number of rotatable bonds is 5. The SMILES string of the molecule is COc1ccc(CC(=O)N2CCCC2c2ccccc2Cl)cc1OC. The Labute approximate surface area is 153 Å². The highest BCUT2D eigenvalue weighted by molar-refractivity contribution is 6.31. The van der Waals surface area contributed by atoms with Crippen LogP contribution in [0.4, 0.5) is 0 Å². The monoisotopic (exact) mass is 359 g/mol. The number of hydrogen-bond acceptors (Lipinski definition) is 3. The first-order valence-electron chi connectivity index (χ1n) is 8.39. The number of carbonyl (C=O) groups is 1. The predicted octanol–water partition coefficient (Wildman–Crippen LogP) is 4.26. The van der Waals surface area contributed by atoms with Crippen molar-refractivity contribution in [2.24, 2.45) is 0 Å². The Balaban J connectivity index is 1.77. The molecule has 132 valence electrons. The molecule has 4 nitrogen and oxygen atoms in total. The lowest BCUT2D eigenvalue weighted by Crippen LogP contribution is -2.32. The lowest BCUT2D eigenvalue weighted by molar-refractivity contribution is -0.131. The molecule has 1 aliphatic rings. The average Bonchev–Trinajstić information content (AvgIpc) is 3.11. The highest BCUT2D eigenvalue weighted by Crippen LogP contribution is 2.36. The van der Waals surface area contributed by atoms with Gasteiger partial charge in [0.25, 0.3) is 0 Å². The standard InChI is InChI=1S/C20H22ClNO3/c1-24-18-10-9-14(12-19(18)25-2)13-20(23)22-11-5-8-17(22)15-6-3-4-7-16(15)21/h3-4,6-7,9-10,12,17H,5,8,11,13H2,1-2H3. The first kappa shape index (κ1) is 17.6. The van der Waals surface area contributed by atoms with Crippen molar-refractivity contribution in [3.8, 4) is 11.5 Å². The van der Waals surface area contributed by atoms with Crippen LogP contribution >= 0.6 is 11.6 Å². The third-order valence-electron chi connectivity index (χ3n) is 4.64. The maximum atomic E-state index is 12.9. The van der Waals surface area contributed by atoms with Gasteiger partial charge in [0.05, 0.1) is 26.7 Å². The molecule has 1 unspecified atom stereocenters. The van der Waals surface area contributed by atoms with Gasteiger partial charge in [0.1, 0.15) is 0 Å². The van der Waals surface area contributed by atoms with Crippen molar-refractivity contribution < 1.29 is 14.3 Å². The van der Waals surface area contributed by atoms with Crippen LogP contribution in [-0.2, 0) is 11.2 Å². The number of amides is 1. The fourth-order valence-electron chi connectivity index (χ4n) is 3.40. The number of methoxy groups -OCH3 is 2. The van der Waals surface area contributed by atoms with E-state index in [0.717, 1.165) is 35.5 Å². The zero-order chi connectivity index (χ0) is 17.8. The van der Waals surface area contributed by atoms with Gasteiger partial charge < -0.3 is 14.4 Å². The smallest absolute Gasteiger partial charge is 0.227 e. The number of carbonyl (C=O) groups excluding carboxylic acids is 1.